The number of carbonyl (C=O) groups excluding carboxylic acids is 1. The van der Waals surface area contributed by atoms with Crippen LogP contribution in [0.1, 0.15) is 18.4 Å². The Morgan fingerprint density at radius 2 is 2.10 bits per heavy atom. The fourth-order valence-corrected chi connectivity index (χ4v) is 2.57. The maximum Gasteiger partial charge on any atom is 0.315 e. The van der Waals surface area contributed by atoms with Crippen molar-refractivity contribution in [1.82, 2.24) is 10.6 Å². The van der Waals surface area contributed by atoms with Crippen LogP contribution in [0.15, 0.2) is 24.3 Å². The van der Waals surface area contributed by atoms with Crippen molar-refractivity contribution < 1.29 is 14.6 Å². The van der Waals surface area contributed by atoms with E-state index in [1.165, 1.54) is 0 Å². The van der Waals surface area contributed by atoms with Gasteiger partial charge in [0.1, 0.15) is 0 Å². The summed E-state index contributed by atoms with van der Waals surface area (Å²) in [6.07, 6.45) is 1.52. The molecule has 1 aromatic rings. The molecular formula is C15H21ClN2O3. The highest BCUT2D eigenvalue weighted by atomic mass is 35.5. The zero-order valence-electron chi connectivity index (χ0n) is 11.9. The molecule has 0 bridgehead atoms. The van der Waals surface area contributed by atoms with Gasteiger partial charge in [0.05, 0.1) is 6.61 Å². The van der Waals surface area contributed by atoms with E-state index in [0.29, 0.717) is 31.3 Å². The van der Waals surface area contributed by atoms with Crippen LogP contribution in [-0.2, 0) is 11.3 Å². The molecule has 0 aromatic heterocycles. The van der Waals surface area contributed by atoms with E-state index in [-0.39, 0.29) is 18.1 Å². The molecule has 2 rings (SSSR count). The molecule has 1 saturated heterocycles. The molecule has 1 aliphatic heterocycles. The van der Waals surface area contributed by atoms with Crippen molar-refractivity contribution in [2.45, 2.75) is 19.4 Å². The maximum atomic E-state index is 11.8. The van der Waals surface area contributed by atoms with Gasteiger partial charge in [-0.1, -0.05) is 23.7 Å². The molecule has 6 heteroatoms. The Morgan fingerprint density at radius 1 is 1.33 bits per heavy atom. The van der Waals surface area contributed by atoms with Gasteiger partial charge >= 0.3 is 6.03 Å². The molecule has 1 aromatic carbocycles. The zero-order valence-corrected chi connectivity index (χ0v) is 12.7. The van der Waals surface area contributed by atoms with Crippen molar-refractivity contribution in [2.24, 2.45) is 5.41 Å². The second kappa shape index (κ2) is 7.64. The molecule has 0 spiro atoms. The highest BCUT2D eigenvalue weighted by Gasteiger charge is 2.32. The van der Waals surface area contributed by atoms with E-state index in [1.807, 2.05) is 18.2 Å². The summed E-state index contributed by atoms with van der Waals surface area (Å²) in [4.78, 5) is 11.8. The average molecular weight is 313 g/mol. The topological polar surface area (TPSA) is 70.6 Å². The SMILES string of the molecule is O=C(NCc1cccc(Cl)c1)NCC1(CO)CCOCC1. The molecule has 0 unspecified atom stereocenters. The van der Waals surface area contributed by atoms with Gasteiger partial charge in [-0.2, -0.15) is 0 Å². The van der Waals surface area contributed by atoms with Crippen LogP contribution in [0, 0.1) is 5.41 Å². The molecule has 1 fully saturated rings. The Bertz CT molecular complexity index is 476. The molecule has 0 atom stereocenters. The number of hydrogen-bond donors (Lipinski definition) is 3. The van der Waals surface area contributed by atoms with E-state index < -0.39 is 0 Å². The zero-order chi connectivity index (χ0) is 15.1. The number of halogens is 1. The van der Waals surface area contributed by atoms with Crippen LogP contribution in [0.2, 0.25) is 5.02 Å². The summed E-state index contributed by atoms with van der Waals surface area (Å²) in [6.45, 7) is 2.19. The quantitative estimate of drug-likeness (QED) is 0.778. The lowest BCUT2D eigenvalue weighted by atomic mass is 9.81. The lowest BCUT2D eigenvalue weighted by Crippen LogP contribution is -2.46. The summed E-state index contributed by atoms with van der Waals surface area (Å²) in [5, 5.41) is 15.8. The van der Waals surface area contributed by atoms with Gasteiger partial charge in [0.2, 0.25) is 0 Å². The Balaban J connectivity index is 1.76. The lowest BCUT2D eigenvalue weighted by Gasteiger charge is -2.35. The Kier molecular flexibility index (Phi) is 5.85. The summed E-state index contributed by atoms with van der Waals surface area (Å²) in [7, 11) is 0. The Hall–Kier alpha value is -1.30. The fourth-order valence-electron chi connectivity index (χ4n) is 2.35. The molecule has 5 nitrogen and oxygen atoms in total. The minimum atomic E-state index is -0.258. The molecule has 0 aliphatic carbocycles. The normalized spacial score (nSPS) is 17.2. The summed E-state index contributed by atoms with van der Waals surface area (Å²) in [5.74, 6) is 0. The first kappa shape index (κ1) is 16.1. The number of benzene rings is 1. The standard InChI is InChI=1S/C15H21ClN2O3/c16-13-3-1-2-12(8-13)9-17-14(20)18-10-15(11-19)4-6-21-7-5-15/h1-3,8,19H,4-7,9-11H2,(H2,17,18,20). The molecule has 1 heterocycles. The predicted molar refractivity (Wildman–Crippen MR) is 81.3 cm³/mol. The van der Waals surface area contributed by atoms with Crippen molar-refractivity contribution in [3.63, 3.8) is 0 Å². The third-order valence-corrected chi connectivity index (χ3v) is 4.09. The van der Waals surface area contributed by atoms with Gasteiger partial charge in [-0.3, -0.25) is 0 Å². The van der Waals surface area contributed by atoms with E-state index in [0.717, 1.165) is 18.4 Å². The van der Waals surface area contributed by atoms with Crippen LogP contribution in [0.25, 0.3) is 0 Å². The molecule has 1 aliphatic rings. The van der Waals surface area contributed by atoms with Gasteiger partial charge < -0.3 is 20.5 Å². The van der Waals surface area contributed by atoms with Gasteiger partial charge in [-0.15, -0.1) is 0 Å². The highest BCUT2D eigenvalue weighted by Crippen LogP contribution is 2.28. The van der Waals surface area contributed by atoms with Crippen LogP contribution in [-0.4, -0.2) is 37.5 Å². The van der Waals surface area contributed by atoms with E-state index in [4.69, 9.17) is 16.3 Å². The van der Waals surface area contributed by atoms with Gasteiger partial charge in [-0.05, 0) is 30.5 Å². The summed E-state index contributed by atoms with van der Waals surface area (Å²) < 4.78 is 5.30. The monoisotopic (exact) mass is 312 g/mol. The Morgan fingerprint density at radius 3 is 2.76 bits per heavy atom. The molecule has 21 heavy (non-hydrogen) atoms. The van der Waals surface area contributed by atoms with E-state index in [1.54, 1.807) is 6.07 Å². The van der Waals surface area contributed by atoms with Crippen LogP contribution < -0.4 is 10.6 Å². The maximum absolute atomic E-state index is 11.8. The fraction of sp³-hybridized carbons (Fsp3) is 0.533. The van der Waals surface area contributed by atoms with Crippen molar-refractivity contribution in [2.75, 3.05) is 26.4 Å². The number of ether oxygens (including phenoxy) is 1. The number of aliphatic hydroxyl groups is 1. The number of amides is 2. The van der Waals surface area contributed by atoms with E-state index in [9.17, 15) is 9.90 Å². The van der Waals surface area contributed by atoms with Crippen LogP contribution in [0.3, 0.4) is 0 Å². The van der Waals surface area contributed by atoms with Crippen molar-refractivity contribution >= 4 is 17.6 Å². The number of aliphatic hydroxyl groups excluding tert-OH is 1. The third kappa shape index (κ3) is 4.88. The number of hydrogen-bond acceptors (Lipinski definition) is 3. The molecule has 2 amide bonds. The first-order valence-corrected chi connectivity index (χ1v) is 7.46. The van der Waals surface area contributed by atoms with Gasteiger partial charge in [0, 0.05) is 36.7 Å². The third-order valence-electron chi connectivity index (χ3n) is 3.85. The van der Waals surface area contributed by atoms with E-state index in [2.05, 4.69) is 10.6 Å². The molecular weight excluding hydrogens is 292 g/mol. The van der Waals surface area contributed by atoms with Gasteiger partial charge in [0.25, 0.3) is 0 Å². The van der Waals surface area contributed by atoms with Crippen molar-refractivity contribution in [3.05, 3.63) is 34.9 Å². The number of urea groups is 1. The molecule has 3 N–H and O–H groups in total. The molecule has 0 radical (unpaired) electrons. The lowest BCUT2D eigenvalue weighted by molar-refractivity contribution is -0.0138. The van der Waals surface area contributed by atoms with Crippen molar-refractivity contribution in [1.29, 1.82) is 0 Å². The number of carbonyl (C=O) groups is 1. The summed E-state index contributed by atoms with van der Waals surface area (Å²) in [6, 6.07) is 7.12. The highest BCUT2D eigenvalue weighted by molar-refractivity contribution is 6.30. The first-order valence-electron chi connectivity index (χ1n) is 7.08. The van der Waals surface area contributed by atoms with E-state index >= 15 is 0 Å². The summed E-state index contributed by atoms with van der Waals surface area (Å²) in [5.41, 5.74) is 0.687. The second-order valence-corrected chi connectivity index (χ2v) is 5.87. The average Bonchev–Trinajstić information content (AvgIpc) is 2.52. The smallest absolute Gasteiger partial charge is 0.315 e. The minimum Gasteiger partial charge on any atom is -0.396 e. The van der Waals surface area contributed by atoms with Crippen LogP contribution >= 0.6 is 11.6 Å². The molecule has 0 saturated carbocycles. The van der Waals surface area contributed by atoms with Gasteiger partial charge in [0.15, 0.2) is 0 Å². The van der Waals surface area contributed by atoms with Crippen LogP contribution in [0.5, 0.6) is 0 Å². The number of nitrogens with one attached hydrogen (secondary N) is 2. The van der Waals surface area contributed by atoms with Crippen LogP contribution in [0.4, 0.5) is 4.79 Å². The minimum absolute atomic E-state index is 0.0604. The first-order chi connectivity index (χ1) is 10.1. The van der Waals surface area contributed by atoms with Crippen molar-refractivity contribution in [3.8, 4) is 0 Å². The predicted octanol–water partition coefficient (Wildman–Crippen LogP) is 1.93. The van der Waals surface area contributed by atoms with Gasteiger partial charge in [-0.25, -0.2) is 4.79 Å². The largest absolute Gasteiger partial charge is 0.396 e. The summed E-state index contributed by atoms with van der Waals surface area (Å²) >= 11 is 5.89. The molecule has 116 valence electrons. The Labute approximate surface area is 129 Å². The number of rotatable bonds is 5. The second-order valence-electron chi connectivity index (χ2n) is 5.44.